The van der Waals surface area contributed by atoms with E-state index < -0.39 is 0 Å². The number of benzene rings is 1. The zero-order chi connectivity index (χ0) is 19.6. The lowest BCUT2D eigenvalue weighted by molar-refractivity contribution is 0.490. The van der Waals surface area contributed by atoms with Gasteiger partial charge in [0.15, 0.2) is 5.82 Å². The molecule has 5 rings (SSSR count). The number of thiophene rings is 1. The predicted molar refractivity (Wildman–Crippen MR) is 117 cm³/mol. The molecule has 6 heteroatoms. The molecule has 0 aliphatic rings. The van der Waals surface area contributed by atoms with Gasteiger partial charge in [-0.3, -0.25) is 4.98 Å². The summed E-state index contributed by atoms with van der Waals surface area (Å²) in [6.07, 6.45) is 1.76. The van der Waals surface area contributed by atoms with Gasteiger partial charge in [-0.05, 0) is 36.8 Å². The molecule has 0 saturated carbocycles. The van der Waals surface area contributed by atoms with Crippen molar-refractivity contribution >= 4 is 27.4 Å². The summed E-state index contributed by atoms with van der Waals surface area (Å²) in [6, 6.07) is 20.0. The van der Waals surface area contributed by atoms with Crippen molar-refractivity contribution in [3.05, 3.63) is 83.8 Å². The van der Waals surface area contributed by atoms with Crippen LogP contribution in [0.5, 0.6) is 0 Å². The van der Waals surface area contributed by atoms with Gasteiger partial charge in [-0.2, -0.15) is 0 Å². The first-order valence-electron chi connectivity index (χ1n) is 9.33. The third-order valence-corrected chi connectivity index (χ3v) is 5.51. The zero-order valence-electron chi connectivity index (χ0n) is 15.8. The summed E-state index contributed by atoms with van der Waals surface area (Å²) in [5.41, 5.74) is 3.02. The predicted octanol–water partition coefficient (Wildman–Crippen LogP) is 5.93. The van der Waals surface area contributed by atoms with E-state index in [1.165, 1.54) is 0 Å². The Morgan fingerprint density at radius 3 is 2.59 bits per heavy atom. The van der Waals surface area contributed by atoms with Crippen LogP contribution < -0.4 is 5.32 Å². The lowest BCUT2D eigenvalue weighted by Crippen LogP contribution is -2.03. The van der Waals surface area contributed by atoms with Crippen molar-refractivity contribution in [3.8, 4) is 22.6 Å². The number of nitrogens with zero attached hydrogens (tertiary/aromatic N) is 3. The number of hydrogen-bond acceptors (Lipinski definition) is 6. The molecule has 4 aromatic heterocycles. The second kappa shape index (κ2) is 7.48. The third-order valence-electron chi connectivity index (χ3n) is 4.64. The molecule has 0 spiro atoms. The van der Waals surface area contributed by atoms with E-state index in [9.17, 15) is 0 Å². The summed E-state index contributed by atoms with van der Waals surface area (Å²) >= 11 is 1.62. The van der Waals surface area contributed by atoms with Gasteiger partial charge in [0.05, 0.1) is 11.9 Å². The van der Waals surface area contributed by atoms with Gasteiger partial charge in [0, 0.05) is 17.1 Å². The molecule has 0 amide bonds. The largest absolute Gasteiger partial charge is 0.465 e. The Morgan fingerprint density at radius 1 is 0.966 bits per heavy atom. The summed E-state index contributed by atoms with van der Waals surface area (Å²) in [5.74, 6) is 3.15. The lowest BCUT2D eigenvalue weighted by atomic mass is 10.1. The molecule has 0 atom stereocenters. The highest BCUT2D eigenvalue weighted by Crippen LogP contribution is 2.38. The molecule has 5 nitrogen and oxygen atoms in total. The van der Waals surface area contributed by atoms with Crippen molar-refractivity contribution in [2.45, 2.75) is 13.5 Å². The van der Waals surface area contributed by atoms with E-state index in [2.05, 4.69) is 27.8 Å². The topological polar surface area (TPSA) is 63.8 Å². The van der Waals surface area contributed by atoms with Crippen molar-refractivity contribution in [2.24, 2.45) is 0 Å². The zero-order valence-corrected chi connectivity index (χ0v) is 16.6. The van der Waals surface area contributed by atoms with E-state index in [1.807, 2.05) is 55.5 Å². The average Bonchev–Trinajstić information content (AvgIpc) is 3.39. The highest BCUT2D eigenvalue weighted by atomic mass is 32.1. The molecule has 0 bridgehead atoms. The fraction of sp³-hybridized carbons (Fsp3) is 0.0870. The summed E-state index contributed by atoms with van der Waals surface area (Å²) in [4.78, 5) is 15.0. The summed E-state index contributed by atoms with van der Waals surface area (Å²) < 4.78 is 5.71. The van der Waals surface area contributed by atoms with E-state index in [0.717, 1.165) is 44.4 Å². The Labute approximate surface area is 172 Å². The standard InChI is InChI=1S/C23H18N4OS/c1-15-10-11-17(28-15)13-25-22-20-18(16-7-3-2-4-8-16)14-29-23(20)27-21(26-22)19-9-5-6-12-24-19/h2-12,14H,13H2,1H3,(H,25,26,27). The SMILES string of the molecule is Cc1ccc(CNc2nc(-c3ccccn3)nc3scc(-c4ccccc4)c23)o1. The fourth-order valence-electron chi connectivity index (χ4n) is 3.26. The highest BCUT2D eigenvalue weighted by Gasteiger charge is 2.17. The van der Waals surface area contributed by atoms with E-state index in [0.29, 0.717) is 12.4 Å². The van der Waals surface area contributed by atoms with Crippen molar-refractivity contribution < 1.29 is 4.42 Å². The molecule has 5 aromatic rings. The van der Waals surface area contributed by atoms with Gasteiger partial charge in [0.2, 0.25) is 0 Å². The third kappa shape index (κ3) is 3.50. The van der Waals surface area contributed by atoms with Gasteiger partial charge in [-0.1, -0.05) is 36.4 Å². The molecule has 0 aliphatic carbocycles. The molecule has 0 fully saturated rings. The first kappa shape index (κ1) is 17.6. The lowest BCUT2D eigenvalue weighted by Gasteiger charge is -2.10. The average molecular weight is 398 g/mol. The fourth-order valence-corrected chi connectivity index (χ4v) is 4.21. The van der Waals surface area contributed by atoms with E-state index in [1.54, 1.807) is 17.5 Å². The van der Waals surface area contributed by atoms with Crippen molar-refractivity contribution in [3.63, 3.8) is 0 Å². The second-order valence-corrected chi connectivity index (χ2v) is 7.53. The van der Waals surface area contributed by atoms with Crippen molar-refractivity contribution in [1.82, 2.24) is 15.0 Å². The van der Waals surface area contributed by atoms with Crippen molar-refractivity contribution in [2.75, 3.05) is 5.32 Å². The van der Waals surface area contributed by atoms with Gasteiger partial charge in [0.25, 0.3) is 0 Å². The van der Waals surface area contributed by atoms with Crippen LogP contribution in [0.15, 0.2) is 76.7 Å². The molecule has 29 heavy (non-hydrogen) atoms. The number of fused-ring (bicyclic) bond motifs is 1. The maximum absolute atomic E-state index is 5.71. The first-order chi connectivity index (χ1) is 14.3. The van der Waals surface area contributed by atoms with E-state index in [-0.39, 0.29) is 0 Å². The minimum atomic E-state index is 0.547. The normalized spacial score (nSPS) is 11.1. The molecule has 1 aromatic carbocycles. The van der Waals surface area contributed by atoms with Crippen LogP contribution in [0.1, 0.15) is 11.5 Å². The number of anilines is 1. The molecule has 0 unspecified atom stereocenters. The molecule has 142 valence electrons. The highest BCUT2D eigenvalue weighted by molar-refractivity contribution is 7.17. The maximum atomic E-state index is 5.71. The van der Waals surface area contributed by atoms with E-state index >= 15 is 0 Å². The van der Waals surface area contributed by atoms with Gasteiger partial charge in [-0.15, -0.1) is 11.3 Å². The number of pyridine rings is 1. The van der Waals surface area contributed by atoms with Crippen LogP contribution >= 0.6 is 11.3 Å². The number of hydrogen-bond donors (Lipinski definition) is 1. The first-order valence-corrected chi connectivity index (χ1v) is 10.2. The smallest absolute Gasteiger partial charge is 0.181 e. The van der Waals surface area contributed by atoms with Crippen LogP contribution in [0.3, 0.4) is 0 Å². The minimum Gasteiger partial charge on any atom is -0.465 e. The molecular weight excluding hydrogens is 380 g/mol. The minimum absolute atomic E-state index is 0.547. The van der Waals surface area contributed by atoms with Crippen LogP contribution in [0.4, 0.5) is 5.82 Å². The number of aryl methyl sites for hydroxylation is 1. The molecular formula is C23H18N4OS. The molecule has 0 radical (unpaired) electrons. The number of aromatic nitrogens is 3. The van der Waals surface area contributed by atoms with Crippen LogP contribution in [-0.4, -0.2) is 15.0 Å². The van der Waals surface area contributed by atoms with E-state index in [4.69, 9.17) is 14.4 Å². The molecule has 0 saturated heterocycles. The summed E-state index contributed by atoms with van der Waals surface area (Å²) in [6.45, 7) is 2.49. The van der Waals surface area contributed by atoms with Crippen LogP contribution in [0, 0.1) is 6.92 Å². The van der Waals surface area contributed by atoms with Crippen LogP contribution in [0.25, 0.3) is 32.9 Å². The van der Waals surface area contributed by atoms with Crippen LogP contribution in [0.2, 0.25) is 0 Å². The molecule has 4 heterocycles. The number of furan rings is 1. The van der Waals surface area contributed by atoms with Gasteiger partial charge in [-0.25, -0.2) is 9.97 Å². The Morgan fingerprint density at radius 2 is 1.83 bits per heavy atom. The second-order valence-electron chi connectivity index (χ2n) is 6.67. The molecule has 1 N–H and O–H groups in total. The molecule has 0 aliphatic heterocycles. The van der Waals surface area contributed by atoms with Gasteiger partial charge < -0.3 is 9.73 Å². The van der Waals surface area contributed by atoms with Gasteiger partial charge in [0.1, 0.15) is 27.9 Å². The number of rotatable bonds is 5. The number of nitrogens with one attached hydrogen (secondary N) is 1. The Kier molecular flexibility index (Phi) is 4.54. The van der Waals surface area contributed by atoms with Crippen molar-refractivity contribution in [1.29, 1.82) is 0 Å². The quantitative estimate of drug-likeness (QED) is 0.397. The maximum Gasteiger partial charge on any atom is 0.181 e. The Bertz CT molecular complexity index is 1260. The van der Waals surface area contributed by atoms with Crippen LogP contribution in [-0.2, 0) is 6.54 Å². The monoisotopic (exact) mass is 398 g/mol. The Hall–Kier alpha value is -3.51. The summed E-state index contributed by atoms with van der Waals surface area (Å²) in [5, 5.41) is 6.61. The Balaban J connectivity index is 1.64. The summed E-state index contributed by atoms with van der Waals surface area (Å²) in [7, 11) is 0. The van der Waals surface area contributed by atoms with Gasteiger partial charge >= 0.3 is 0 Å².